The van der Waals surface area contributed by atoms with Gasteiger partial charge in [-0.3, -0.25) is 0 Å². The minimum Gasteiger partial charge on any atom is -0.492 e. The monoisotopic (exact) mass is 215 g/mol. The predicted octanol–water partition coefficient (Wildman–Crippen LogP) is 2.51. The number of hydrogen-bond acceptors (Lipinski definition) is 3. The molecule has 0 aromatic carbocycles. The SMILES string of the molecule is Cc1sc(C(F)(F)C(F)F)nc1O. The molecule has 0 saturated heterocycles. The van der Waals surface area contributed by atoms with Crippen LogP contribution < -0.4 is 0 Å². The quantitative estimate of drug-likeness (QED) is 0.769. The maximum absolute atomic E-state index is 12.6. The van der Waals surface area contributed by atoms with E-state index in [1.165, 1.54) is 6.92 Å². The van der Waals surface area contributed by atoms with Gasteiger partial charge in [0.15, 0.2) is 5.01 Å². The van der Waals surface area contributed by atoms with Gasteiger partial charge in [-0.1, -0.05) is 0 Å². The van der Waals surface area contributed by atoms with Crippen LogP contribution in [0.25, 0.3) is 0 Å². The van der Waals surface area contributed by atoms with Crippen molar-refractivity contribution in [2.45, 2.75) is 19.3 Å². The van der Waals surface area contributed by atoms with Gasteiger partial charge in [-0.15, -0.1) is 11.3 Å². The van der Waals surface area contributed by atoms with Gasteiger partial charge in [-0.25, -0.2) is 13.8 Å². The van der Waals surface area contributed by atoms with Crippen LogP contribution in [0.2, 0.25) is 0 Å². The van der Waals surface area contributed by atoms with Gasteiger partial charge in [0, 0.05) is 0 Å². The maximum atomic E-state index is 12.6. The Kier molecular flexibility index (Phi) is 2.47. The highest BCUT2D eigenvalue weighted by molar-refractivity contribution is 7.12. The van der Waals surface area contributed by atoms with Crippen molar-refractivity contribution < 1.29 is 22.7 Å². The fourth-order valence-corrected chi connectivity index (χ4v) is 1.41. The summed E-state index contributed by atoms with van der Waals surface area (Å²) in [4.78, 5) is 3.04. The summed E-state index contributed by atoms with van der Waals surface area (Å²) in [6.07, 6.45) is -3.81. The van der Waals surface area contributed by atoms with E-state index < -0.39 is 23.2 Å². The van der Waals surface area contributed by atoms with Crippen LogP contribution in [-0.2, 0) is 5.92 Å². The van der Waals surface area contributed by atoms with Gasteiger partial charge in [0.2, 0.25) is 5.88 Å². The second-order valence-electron chi connectivity index (χ2n) is 2.32. The predicted molar refractivity (Wildman–Crippen MR) is 38.4 cm³/mol. The van der Waals surface area contributed by atoms with Crippen LogP contribution >= 0.6 is 11.3 Å². The van der Waals surface area contributed by atoms with Crippen molar-refractivity contribution in [1.82, 2.24) is 4.98 Å². The van der Waals surface area contributed by atoms with Crippen LogP contribution in [-0.4, -0.2) is 16.5 Å². The Balaban J connectivity index is 3.07. The molecule has 0 aliphatic rings. The van der Waals surface area contributed by atoms with Crippen molar-refractivity contribution in [3.8, 4) is 5.88 Å². The molecule has 13 heavy (non-hydrogen) atoms. The Hall–Kier alpha value is -0.850. The third-order valence-corrected chi connectivity index (χ3v) is 2.38. The molecule has 0 aliphatic heterocycles. The van der Waals surface area contributed by atoms with E-state index in [9.17, 15) is 17.6 Å². The molecule has 1 rings (SSSR count). The number of aryl methyl sites for hydroxylation is 1. The Bertz CT molecular complexity index is 292. The molecule has 0 unspecified atom stereocenters. The summed E-state index contributed by atoms with van der Waals surface area (Å²) in [6, 6.07) is 0. The van der Waals surface area contributed by atoms with E-state index in [2.05, 4.69) is 4.98 Å². The normalized spacial score (nSPS) is 12.5. The summed E-state index contributed by atoms with van der Waals surface area (Å²) in [5.74, 6) is -4.91. The minimum atomic E-state index is -4.28. The number of hydrogen-bond donors (Lipinski definition) is 1. The lowest BCUT2D eigenvalue weighted by atomic mass is 10.4. The fourth-order valence-electron chi connectivity index (χ4n) is 0.624. The molecule has 0 amide bonds. The molecule has 0 fully saturated rings. The van der Waals surface area contributed by atoms with Gasteiger partial charge >= 0.3 is 12.3 Å². The van der Waals surface area contributed by atoms with Crippen LogP contribution in [0, 0.1) is 6.92 Å². The molecule has 0 bridgehead atoms. The molecule has 0 saturated carbocycles. The van der Waals surface area contributed by atoms with Crippen LogP contribution in [0.3, 0.4) is 0 Å². The topological polar surface area (TPSA) is 33.1 Å². The summed E-state index contributed by atoms with van der Waals surface area (Å²) in [6.45, 7) is 1.32. The number of nitrogens with zero attached hydrogens (tertiary/aromatic N) is 1. The lowest BCUT2D eigenvalue weighted by Gasteiger charge is -2.10. The molecule has 7 heteroatoms. The van der Waals surface area contributed by atoms with Gasteiger partial charge in [-0.05, 0) is 6.92 Å². The first-order valence-corrected chi connectivity index (χ1v) is 4.00. The second kappa shape index (κ2) is 3.13. The number of halogens is 4. The summed E-state index contributed by atoms with van der Waals surface area (Å²) in [5, 5.41) is 7.75. The van der Waals surface area contributed by atoms with Gasteiger partial charge in [0.25, 0.3) is 0 Å². The van der Waals surface area contributed by atoms with E-state index in [1.54, 1.807) is 0 Å². The zero-order valence-corrected chi connectivity index (χ0v) is 7.21. The molecule has 0 spiro atoms. The second-order valence-corrected chi connectivity index (χ2v) is 3.53. The van der Waals surface area contributed by atoms with E-state index in [4.69, 9.17) is 5.11 Å². The molecule has 0 atom stereocenters. The Labute approximate surface area is 74.8 Å². The molecular weight excluding hydrogens is 210 g/mol. The van der Waals surface area contributed by atoms with E-state index in [1.807, 2.05) is 0 Å². The lowest BCUT2D eigenvalue weighted by molar-refractivity contribution is -0.135. The third-order valence-electron chi connectivity index (χ3n) is 1.33. The van der Waals surface area contributed by atoms with Crippen molar-refractivity contribution in [3.05, 3.63) is 9.88 Å². The van der Waals surface area contributed by atoms with Crippen LogP contribution in [0.5, 0.6) is 5.88 Å². The average Bonchev–Trinajstić information content (AvgIpc) is 2.32. The zero-order valence-electron chi connectivity index (χ0n) is 6.39. The van der Waals surface area contributed by atoms with Gasteiger partial charge < -0.3 is 5.11 Å². The van der Waals surface area contributed by atoms with E-state index in [-0.39, 0.29) is 4.88 Å². The molecule has 1 N–H and O–H groups in total. The van der Waals surface area contributed by atoms with Crippen molar-refractivity contribution in [3.63, 3.8) is 0 Å². The van der Waals surface area contributed by atoms with E-state index >= 15 is 0 Å². The van der Waals surface area contributed by atoms with Gasteiger partial charge in [0.1, 0.15) is 0 Å². The number of thiazole rings is 1. The third kappa shape index (κ3) is 1.74. The summed E-state index contributed by atoms with van der Waals surface area (Å²) < 4.78 is 48.7. The molecule has 1 heterocycles. The maximum Gasteiger partial charge on any atom is 0.358 e. The summed E-state index contributed by atoms with van der Waals surface area (Å²) in [7, 11) is 0. The largest absolute Gasteiger partial charge is 0.492 e. The van der Waals surface area contributed by atoms with Crippen molar-refractivity contribution in [2.24, 2.45) is 0 Å². The van der Waals surface area contributed by atoms with E-state index in [0.717, 1.165) is 0 Å². The fraction of sp³-hybridized carbons (Fsp3) is 0.500. The zero-order chi connectivity index (χ0) is 10.2. The van der Waals surface area contributed by atoms with Gasteiger partial charge in [-0.2, -0.15) is 8.78 Å². The van der Waals surface area contributed by atoms with Crippen LogP contribution in [0.4, 0.5) is 17.6 Å². The number of aromatic nitrogens is 1. The minimum absolute atomic E-state index is 0.0929. The lowest BCUT2D eigenvalue weighted by Crippen LogP contribution is -2.23. The first kappa shape index (κ1) is 10.2. The summed E-state index contributed by atoms with van der Waals surface area (Å²) in [5.41, 5.74) is 0. The summed E-state index contributed by atoms with van der Waals surface area (Å²) >= 11 is 0.359. The Morgan fingerprint density at radius 3 is 2.31 bits per heavy atom. The van der Waals surface area contributed by atoms with Crippen molar-refractivity contribution in [1.29, 1.82) is 0 Å². The Morgan fingerprint density at radius 2 is 2.00 bits per heavy atom. The molecule has 0 aliphatic carbocycles. The van der Waals surface area contributed by atoms with Crippen LogP contribution in [0.1, 0.15) is 9.88 Å². The van der Waals surface area contributed by atoms with Crippen LogP contribution in [0.15, 0.2) is 0 Å². The standard InChI is InChI=1S/C6H5F4NOS/c1-2-3(12)11-5(13-2)6(9,10)4(7)8/h4,12H,1H3. The molecule has 1 aromatic rings. The highest BCUT2D eigenvalue weighted by Gasteiger charge is 2.46. The number of aromatic hydroxyl groups is 1. The van der Waals surface area contributed by atoms with Crippen molar-refractivity contribution >= 4 is 11.3 Å². The van der Waals surface area contributed by atoms with E-state index in [0.29, 0.717) is 11.3 Å². The first-order valence-electron chi connectivity index (χ1n) is 3.18. The number of alkyl halides is 4. The highest BCUT2D eigenvalue weighted by Crippen LogP contribution is 2.39. The molecule has 74 valence electrons. The highest BCUT2D eigenvalue weighted by atomic mass is 32.1. The molecule has 2 nitrogen and oxygen atoms in total. The smallest absolute Gasteiger partial charge is 0.358 e. The average molecular weight is 215 g/mol. The number of rotatable bonds is 2. The van der Waals surface area contributed by atoms with Gasteiger partial charge in [0.05, 0.1) is 4.88 Å². The Morgan fingerprint density at radius 1 is 1.46 bits per heavy atom. The molecular formula is C6H5F4NOS. The van der Waals surface area contributed by atoms with Crippen molar-refractivity contribution in [2.75, 3.05) is 0 Å². The first-order chi connectivity index (χ1) is 5.85. The molecule has 1 aromatic heterocycles. The molecule has 0 radical (unpaired) electrons.